The Morgan fingerprint density at radius 1 is 1.35 bits per heavy atom. The highest BCUT2D eigenvalue weighted by molar-refractivity contribution is 7.09. The van der Waals surface area contributed by atoms with Crippen molar-refractivity contribution in [1.82, 2.24) is 4.90 Å². The lowest BCUT2D eigenvalue weighted by Gasteiger charge is -2.26. The van der Waals surface area contributed by atoms with E-state index in [0.717, 1.165) is 18.8 Å². The zero-order valence-corrected chi connectivity index (χ0v) is 14.1. The van der Waals surface area contributed by atoms with Gasteiger partial charge in [0, 0.05) is 23.2 Å². The molecule has 3 rings (SSSR count). The number of amides is 1. The first-order chi connectivity index (χ1) is 11.2. The van der Waals surface area contributed by atoms with Gasteiger partial charge in [-0.05, 0) is 37.0 Å². The van der Waals surface area contributed by atoms with Gasteiger partial charge in [-0.15, -0.1) is 11.3 Å². The summed E-state index contributed by atoms with van der Waals surface area (Å²) in [6.45, 7) is 5.82. The Hall–Kier alpha value is -2.05. The molecule has 6 heteroatoms. The second-order valence-corrected chi connectivity index (χ2v) is 6.41. The van der Waals surface area contributed by atoms with Crippen molar-refractivity contribution in [3.05, 3.63) is 40.6 Å². The number of likely N-dealkylation sites (N-methyl/N-ethyl adjacent to an activating group) is 1. The van der Waals surface area contributed by atoms with E-state index in [1.807, 2.05) is 25.1 Å². The third kappa shape index (κ3) is 3.65. The summed E-state index contributed by atoms with van der Waals surface area (Å²) >= 11 is 1.71. The van der Waals surface area contributed by atoms with Gasteiger partial charge in [-0.3, -0.25) is 9.69 Å². The van der Waals surface area contributed by atoms with Crippen LogP contribution in [0.5, 0.6) is 11.5 Å². The highest BCUT2D eigenvalue weighted by Crippen LogP contribution is 2.34. The van der Waals surface area contributed by atoms with Crippen molar-refractivity contribution in [2.45, 2.75) is 26.4 Å². The largest absolute Gasteiger partial charge is 0.454 e. The van der Waals surface area contributed by atoms with Crippen molar-refractivity contribution in [3.63, 3.8) is 0 Å². The normalized spacial score (nSPS) is 14.0. The first-order valence-electron chi connectivity index (χ1n) is 7.64. The zero-order chi connectivity index (χ0) is 16.2. The van der Waals surface area contributed by atoms with Gasteiger partial charge in [-0.1, -0.05) is 13.0 Å². The van der Waals surface area contributed by atoms with E-state index < -0.39 is 0 Å². The molecule has 0 aliphatic carbocycles. The molecule has 5 nitrogen and oxygen atoms in total. The van der Waals surface area contributed by atoms with E-state index in [1.165, 1.54) is 4.88 Å². The molecule has 0 fully saturated rings. The molecule has 23 heavy (non-hydrogen) atoms. The Labute approximate surface area is 139 Å². The number of carbonyl (C=O) groups excluding carboxylic acids is 1. The van der Waals surface area contributed by atoms with Gasteiger partial charge in [-0.2, -0.15) is 0 Å². The Bertz CT molecular complexity index is 672. The van der Waals surface area contributed by atoms with Crippen molar-refractivity contribution < 1.29 is 14.3 Å². The van der Waals surface area contributed by atoms with Gasteiger partial charge >= 0.3 is 0 Å². The Kier molecular flexibility index (Phi) is 4.83. The second-order valence-electron chi connectivity index (χ2n) is 5.38. The lowest BCUT2D eigenvalue weighted by atomic mass is 10.2. The van der Waals surface area contributed by atoms with Gasteiger partial charge in [0.15, 0.2) is 11.5 Å². The molecule has 1 aromatic carbocycles. The van der Waals surface area contributed by atoms with Gasteiger partial charge in [0.05, 0.1) is 6.04 Å². The van der Waals surface area contributed by atoms with Crippen molar-refractivity contribution in [2.24, 2.45) is 0 Å². The lowest BCUT2D eigenvalue weighted by Crippen LogP contribution is -2.41. The Morgan fingerprint density at radius 2 is 2.17 bits per heavy atom. The molecule has 1 amide bonds. The van der Waals surface area contributed by atoms with Gasteiger partial charge in [0.1, 0.15) is 0 Å². The topological polar surface area (TPSA) is 50.8 Å². The number of rotatable bonds is 6. The first kappa shape index (κ1) is 15.8. The number of hydrogen-bond donors (Lipinski definition) is 1. The molecule has 1 aliphatic heterocycles. The van der Waals surface area contributed by atoms with Crippen LogP contribution in [0.2, 0.25) is 0 Å². The molecule has 2 aromatic rings. The summed E-state index contributed by atoms with van der Waals surface area (Å²) in [6.07, 6.45) is 0. The minimum absolute atomic E-state index is 0.0257. The van der Waals surface area contributed by atoms with Crippen molar-refractivity contribution in [2.75, 3.05) is 18.7 Å². The number of benzene rings is 1. The van der Waals surface area contributed by atoms with Crippen LogP contribution < -0.4 is 14.8 Å². The van der Waals surface area contributed by atoms with Gasteiger partial charge in [0.2, 0.25) is 12.7 Å². The average molecular weight is 332 g/mol. The van der Waals surface area contributed by atoms with E-state index in [2.05, 4.69) is 28.6 Å². The van der Waals surface area contributed by atoms with Crippen LogP contribution in [0.3, 0.4) is 0 Å². The van der Waals surface area contributed by atoms with Gasteiger partial charge < -0.3 is 14.8 Å². The maximum absolute atomic E-state index is 12.5. The van der Waals surface area contributed by atoms with Crippen LogP contribution in [0.15, 0.2) is 35.7 Å². The maximum Gasteiger partial charge on any atom is 0.241 e. The Balaban J connectivity index is 1.64. The highest BCUT2D eigenvalue weighted by Gasteiger charge is 2.21. The summed E-state index contributed by atoms with van der Waals surface area (Å²) in [4.78, 5) is 15.9. The molecule has 1 atom stereocenters. The predicted octanol–water partition coefficient (Wildman–Crippen LogP) is 3.33. The number of fused-ring (bicyclic) bond motifs is 1. The minimum Gasteiger partial charge on any atom is -0.454 e. The molecule has 1 aromatic heterocycles. The third-order valence-electron chi connectivity index (χ3n) is 3.91. The standard InChI is InChI=1S/C17H20N2O3S/c1-3-19(10-14-5-4-8-23-14)12(2)17(20)18-13-6-7-15-16(9-13)22-11-21-15/h4-9,12H,3,10-11H2,1-2H3,(H,18,20)/t12-/m0/s1. The molecule has 0 saturated heterocycles. The zero-order valence-electron chi connectivity index (χ0n) is 13.2. The number of hydrogen-bond acceptors (Lipinski definition) is 5. The number of thiophene rings is 1. The molecule has 0 saturated carbocycles. The fourth-order valence-corrected chi connectivity index (χ4v) is 3.24. The maximum atomic E-state index is 12.5. The van der Waals surface area contributed by atoms with Crippen LogP contribution >= 0.6 is 11.3 Å². The molecule has 0 radical (unpaired) electrons. The average Bonchev–Trinajstić information content (AvgIpc) is 3.22. The van der Waals surface area contributed by atoms with Gasteiger partial charge in [-0.25, -0.2) is 0 Å². The summed E-state index contributed by atoms with van der Waals surface area (Å²) < 4.78 is 10.6. The fraction of sp³-hybridized carbons (Fsp3) is 0.353. The molecular weight excluding hydrogens is 312 g/mol. The summed E-state index contributed by atoms with van der Waals surface area (Å²) in [5.41, 5.74) is 0.721. The van der Waals surface area contributed by atoms with E-state index in [1.54, 1.807) is 17.4 Å². The fourth-order valence-electron chi connectivity index (χ4n) is 2.51. The number of anilines is 1. The SMILES string of the molecule is CCN(Cc1cccs1)[C@@H](C)C(=O)Nc1ccc2c(c1)OCO2. The summed E-state index contributed by atoms with van der Waals surface area (Å²) in [5, 5.41) is 5.01. The van der Waals surface area contributed by atoms with Crippen molar-refractivity contribution in [1.29, 1.82) is 0 Å². The van der Waals surface area contributed by atoms with Crippen LogP contribution in [0.25, 0.3) is 0 Å². The molecule has 0 bridgehead atoms. The van der Waals surface area contributed by atoms with E-state index >= 15 is 0 Å². The minimum atomic E-state index is -0.215. The van der Waals surface area contributed by atoms with Crippen LogP contribution in [0, 0.1) is 0 Å². The van der Waals surface area contributed by atoms with Crippen LogP contribution in [0.4, 0.5) is 5.69 Å². The van der Waals surface area contributed by atoms with E-state index in [-0.39, 0.29) is 18.7 Å². The molecule has 122 valence electrons. The van der Waals surface area contributed by atoms with Crippen molar-refractivity contribution >= 4 is 22.9 Å². The number of nitrogens with zero attached hydrogens (tertiary/aromatic N) is 1. The van der Waals surface area contributed by atoms with E-state index in [4.69, 9.17) is 9.47 Å². The predicted molar refractivity (Wildman–Crippen MR) is 91.1 cm³/mol. The molecule has 1 N–H and O–H groups in total. The van der Waals surface area contributed by atoms with Crippen molar-refractivity contribution in [3.8, 4) is 11.5 Å². The van der Waals surface area contributed by atoms with Gasteiger partial charge in [0.25, 0.3) is 0 Å². The number of ether oxygens (including phenoxy) is 2. The van der Waals surface area contributed by atoms with Crippen LogP contribution in [0.1, 0.15) is 18.7 Å². The van der Waals surface area contributed by atoms with E-state index in [0.29, 0.717) is 11.5 Å². The second kappa shape index (κ2) is 7.02. The van der Waals surface area contributed by atoms with Crippen LogP contribution in [-0.4, -0.2) is 30.2 Å². The highest BCUT2D eigenvalue weighted by atomic mass is 32.1. The molecule has 0 spiro atoms. The molecular formula is C17H20N2O3S. The third-order valence-corrected chi connectivity index (χ3v) is 4.77. The summed E-state index contributed by atoms with van der Waals surface area (Å²) in [7, 11) is 0. The van der Waals surface area contributed by atoms with E-state index in [9.17, 15) is 4.79 Å². The quantitative estimate of drug-likeness (QED) is 0.881. The number of nitrogens with one attached hydrogen (secondary N) is 1. The smallest absolute Gasteiger partial charge is 0.241 e. The first-order valence-corrected chi connectivity index (χ1v) is 8.52. The summed E-state index contributed by atoms with van der Waals surface area (Å²) in [5.74, 6) is 1.35. The van der Waals surface area contributed by atoms with Crippen LogP contribution in [-0.2, 0) is 11.3 Å². The lowest BCUT2D eigenvalue weighted by molar-refractivity contribution is -0.120. The monoisotopic (exact) mass is 332 g/mol. The summed E-state index contributed by atoms with van der Waals surface area (Å²) in [6, 6.07) is 9.34. The molecule has 0 unspecified atom stereocenters. The molecule has 2 heterocycles. The molecule has 1 aliphatic rings. The number of carbonyl (C=O) groups is 1. The Morgan fingerprint density at radius 3 is 2.91 bits per heavy atom.